The zero-order chi connectivity index (χ0) is 12.2. The maximum absolute atomic E-state index is 12.9. The minimum absolute atomic E-state index is 0. The van der Waals surface area contributed by atoms with Crippen molar-refractivity contribution in [3.05, 3.63) is 35.6 Å². The SMILES string of the molecule is CC(C)(C)CCC[C@H](O)c1cccc(F)c1.Cl. The summed E-state index contributed by atoms with van der Waals surface area (Å²) in [5.74, 6) is -0.285. The first kappa shape index (κ1) is 16.4. The van der Waals surface area contributed by atoms with Crippen LogP contribution < -0.4 is 0 Å². The largest absolute Gasteiger partial charge is 0.388 e. The number of benzene rings is 1. The van der Waals surface area contributed by atoms with Crippen molar-refractivity contribution >= 4 is 12.4 Å². The van der Waals surface area contributed by atoms with Gasteiger partial charge >= 0.3 is 0 Å². The van der Waals surface area contributed by atoms with Crippen molar-refractivity contribution in [2.45, 2.75) is 46.1 Å². The Kier molecular flexibility index (Phi) is 6.73. The van der Waals surface area contributed by atoms with Gasteiger partial charge in [-0.2, -0.15) is 0 Å². The van der Waals surface area contributed by atoms with Crippen LogP contribution in [0.4, 0.5) is 4.39 Å². The smallest absolute Gasteiger partial charge is 0.123 e. The molecule has 0 aromatic heterocycles. The molecule has 1 nitrogen and oxygen atoms in total. The van der Waals surface area contributed by atoms with Crippen molar-refractivity contribution in [3.8, 4) is 0 Å². The van der Waals surface area contributed by atoms with Crippen molar-refractivity contribution in [3.63, 3.8) is 0 Å². The third-order valence-electron chi connectivity index (χ3n) is 2.64. The molecule has 0 saturated carbocycles. The lowest BCUT2D eigenvalue weighted by atomic mass is 9.88. The topological polar surface area (TPSA) is 20.2 Å². The Labute approximate surface area is 109 Å². The first-order chi connectivity index (χ1) is 7.38. The van der Waals surface area contributed by atoms with Gasteiger partial charge in [-0.1, -0.05) is 39.3 Å². The number of aliphatic hydroxyl groups excluding tert-OH is 1. The van der Waals surface area contributed by atoms with Gasteiger partial charge in [-0.05, 0) is 36.0 Å². The highest BCUT2D eigenvalue weighted by molar-refractivity contribution is 5.85. The molecule has 0 aliphatic heterocycles. The highest BCUT2D eigenvalue weighted by atomic mass is 35.5. The molecule has 0 radical (unpaired) electrons. The maximum atomic E-state index is 12.9. The molecule has 17 heavy (non-hydrogen) atoms. The summed E-state index contributed by atoms with van der Waals surface area (Å²) in [6.07, 6.45) is 2.18. The Morgan fingerprint density at radius 1 is 1.29 bits per heavy atom. The molecule has 1 aromatic carbocycles. The first-order valence-corrected chi connectivity index (χ1v) is 5.82. The Morgan fingerprint density at radius 3 is 2.47 bits per heavy atom. The monoisotopic (exact) mass is 260 g/mol. The van der Waals surface area contributed by atoms with E-state index in [1.807, 2.05) is 0 Å². The van der Waals surface area contributed by atoms with Gasteiger partial charge in [-0.3, -0.25) is 0 Å². The van der Waals surface area contributed by atoms with Crippen LogP contribution in [0.5, 0.6) is 0 Å². The van der Waals surface area contributed by atoms with Crippen LogP contribution in [0.1, 0.15) is 51.7 Å². The highest BCUT2D eigenvalue weighted by Crippen LogP contribution is 2.26. The second-order valence-electron chi connectivity index (χ2n) is 5.52. The average molecular weight is 261 g/mol. The summed E-state index contributed by atoms with van der Waals surface area (Å²) >= 11 is 0. The van der Waals surface area contributed by atoms with Crippen molar-refractivity contribution in [1.82, 2.24) is 0 Å². The minimum atomic E-state index is -0.543. The highest BCUT2D eigenvalue weighted by Gasteiger charge is 2.12. The summed E-state index contributed by atoms with van der Waals surface area (Å²) < 4.78 is 12.9. The fourth-order valence-electron chi connectivity index (χ4n) is 1.71. The standard InChI is InChI=1S/C14H21FO.ClH/c1-14(2,3)9-5-8-13(16)11-6-4-7-12(15)10-11;/h4,6-7,10,13,16H,5,8-9H2,1-3H3;1H/t13-;/m0./s1. The Hall–Kier alpha value is -0.600. The van der Waals surface area contributed by atoms with E-state index < -0.39 is 6.10 Å². The molecule has 1 N–H and O–H groups in total. The van der Waals surface area contributed by atoms with Crippen LogP contribution in [0.25, 0.3) is 0 Å². The van der Waals surface area contributed by atoms with E-state index in [1.165, 1.54) is 12.1 Å². The third kappa shape index (κ3) is 6.64. The van der Waals surface area contributed by atoms with E-state index in [0.717, 1.165) is 12.8 Å². The summed E-state index contributed by atoms with van der Waals surface area (Å²) in [7, 11) is 0. The molecule has 0 unspecified atom stereocenters. The maximum Gasteiger partial charge on any atom is 0.123 e. The summed E-state index contributed by atoms with van der Waals surface area (Å²) in [4.78, 5) is 0. The molecular weight excluding hydrogens is 239 g/mol. The van der Waals surface area contributed by atoms with E-state index in [2.05, 4.69) is 20.8 Å². The molecule has 0 saturated heterocycles. The molecule has 0 heterocycles. The van der Waals surface area contributed by atoms with E-state index in [1.54, 1.807) is 12.1 Å². The quantitative estimate of drug-likeness (QED) is 0.845. The summed E-state index contributed by atoms with van der Waals surface area (Å²) in [5.41, 5.74) is 0.968. The molecular formula is C14H22ClFO. The van der Waals surface area contributed by atoms with Crippen LogP contribution in [-0.4, -0.2) is 5.11 Å². The number of aliphatic hydroxyl groups is 1. The van der Waals surface area contributed by atoms with Crippen LogP contribution in [0.15, 0.2) is 24.3 Å². The van der Waals surface area contributed by atoms with E-state index in [4.69, 9.17) is 0 Å². The normalized spacial score (nSPS) is 13.0. The second-order valence-corrected chi connectivity index (χ2v) is 5.52. The van der Waals surface area contributed by atoms with Gasteiger partial charge in [-0.15, -0.1) is 12.4 Å². The summed E-state index contributed by atoms with van der Waals surface area (Å²) in [6.45, 7) is 6.55. The lowest BCUT2D eigenvalue weighted by Gasteiger charge is -2.19. The number of hydrogen-bond acceptors (Lipinski definition) is 1. The van der Waals surface area contributed by atoms with Gasteiger partial charge in [0.1, 0.15) is 5.82 Å². The van der Waals surface area contributed by atoms with E-state index in [-0.39, 0.29) is 18.2 Å². The van der Waals surface area contributed by atoms with E-state index in [0.29, 0.717) is 17.4 Å². The van der Waals surface area contributed by atoms with Gasteiger partial charge < -0.3 is 5.11 Å². The first-order valence-electron chi connectivity index (χ1n) is 5.82. The lowest BCUT2D eigenvalue weighted by molar-refractivity contribution is 0.157. The van der Waals surface area contributed by atoms with Crippen molar-refractivity contribution in [2.75, 3.05) is 0 Å². The Bertz CT molecular complexity index is 333. The lowest BCUT2D eigenvalue weighted by Crippen LogP contribution is -2.06. The molecule has 0 amide bonds. The zero-order valence-corrected chi connectivity index (χ0v) is 11.6. The van der Waals surface area contributed by atoms with Crippen LogP contribution in [0.3, 0.4) is 0 Å². The van der Waals surface area contributed by atoms with Gasteiger partial charge in [0.25, 0.3) is 0 Å². The van der Waals surface area contributed by atoms with Gasteiger partial charge in [-0.25, -0.2) is 4.39 Å². The number of rotatable bonds is 4. The van der Waals surface area contributed by atoms with Crippen molar-refractivity contribution in [2.24, 2.45) is 5.41 Å². The fourth-order valence-corrected chi connectivity index (χ4v) is 1.71. The number of hydrogen-bond donors (Lipinski definition) is 1. The average Bonchev–Trinajstić information content (AvgIpc) is 2.15. The molecule has 3 heteroatoms. The predicted molar refractivity (Wildman–Crippen MR) is 71.9 cm³/mol. The summed E-state index contributed by atoms with van der Waals surface area (Å²) in [6, 6.07) is 6.20. The molecule has 0 spiro atoms. The Morgan fingerprint density at radius 2 is 1.94 bits per heavy atom. The molecule has 1 aromatic rings. The predicted octanol–water partition coefficient (Wildman–Crippen LogP) is 4.50. The second kappa shape index (κ2) is 6.97. The van der Waals surface area contributed by atoms with Gasteiger partial charge in [0, 0.05) is 0 Å². The van der Waals surface area contributed by atoms with Crippen LogP contribution in [0.2, 0.25) is 0 Å². The fraction of sp³-hybridized carbons (Fsp3) is 0.571. The van der Waals surface area contributed by atoms with Crippen molar-refractivity contribution in [1.29, 1.82) is 0 Å². The molecule has 0 aliphatic rings. The summed E-state index contributed by atoms with van der Waals surface area (Å²) in [5, 5.41) is 9.88. The number of halogens is 2. The molecule has 98 valence electrons. The molecule has 1 atom stereocenters. The van der Waals surface area contributed by atoms with E-state index >= 15 is 0 Å². The molecule has 0 bridgehead atoms. The van der Waals surface area contributed by atoms with E-state index in [9.17, 15) is 9.50 Å². The van der Waals surface area contributed by atoms with Gasteiger partial charge in [0.05, 0.1) is 6.10 Å². The Balaban J connectivity index is 0.00000256. The van der Waals surface area contributed by atoms with Crippen LogP contribution >= 0.6 is 12.4 Å². The zero-order valence-electron chi connectivity index (χ0n) is 10.7. The van der Waals surface area contributed by atoms with Crippen LogP contribution in [-0.2, 0) is 0 Å². The van der Waals surface area contributed by atoms with Crippen molar-refractivity contribution < 1.29 is 9.50 Å². The van der Waals surface area contributed by atoms with Gasteiger partial charge in [0.2, 0.25) is 0 Å². The van der Waals surface area contributed by atoms with Gasteiger partial charge in [0.15, 0.2) is 0 Å². The molecule has 1 rings (SSSR count). The molecule has 0 fully saturated rings. The molecule has 0 aliphatic carbocycles. The minimum Gasteiger partial charge on any atom is -0.388 e. The third-order valence-corrected chi connectivity index (χ3v) is 2.64. The van der Waals surface area contributed by atoms with Crippen LogP contribution in [0, 0.1) is 11.2 Å².